The summed E-state index contributed by atoms with van der Waals surface area (Å²) in [5.41, 5.74) is 21.6. The molecule has 192 valence electrons. The summed E-state index contributed by atoms with van der Waals surface area (Å²) in [5.74, 6) is -4.50. The van der Waals surface area contributed by atoms with Gasteiger partial charge in [0.2, 0.25) is 23.6 Å². The number of likely N-dealkylation sites (tertiary alicyclic amines) is 1. The first-order valence-corrected chi connectivity index (χ1v) is 11.1. The minimum atomic E-state index is -1.36. The fourth-order valence-corrected chi connectivity index (χ4v) is 3.60. The number of hydrogen-bond donors (Lipinski definition) is 7. The normalized spacial score (nSPS) is 18.0. The molecule has 1 rings (SSSR count). The second-order valence-electron chi connectivity index (χ2n) is 8.55. The zero-order valence-corrected chi connectivity index (χ0v) is 19.5. The highest BCUT2D eigenvalue weighted by molar-refractivity contribution is 5.96. The van der Waals surface area contributed by atoms with E-state index < -0.39 is 60.2 Å². The predicted octanol–water partition coefficient (Wildman–Crippen LogP) is -3.06. The molecule has 14 heteroatoms. The maximum Gasteiger partial charge on any atom is 0.326 e. The van der Waals surface area contributed by atoms with Crippen LogP contribution in [0.3, 0.4) is 0 Å². The van der Waals surface area contributed by atoms with Crippen LogP contribution in [0.15, 0.2) is 4.99 Å². The number of guanidine groups is 1. The number of carboxylic acids is 1. The highest BCUT2D eigenvalue weighted by atomic mass is 16.4. The van der Waals surface area contributed by atoms with Gasteiger partial charge in [0.1, 0.15) is 18.1 Å². The number of nitrogens with zero attached hydrogens (tertiary/aromatic N) is 2. The van der Waals surface area contributed by atoms with Crippen molar-refractivity contribution in [2.24, 2.45) is 33.8 Å². The first-order valence-electron chi connectivity index (χ1n) is 11.1. The highest BCUT2D eigenvalue weighted by Gasteiger charge is 2.39. The smallest absolute Gasteiger partial charge is 0.326 e. The molecule has 0 aromatic heterocycles. The molecule has 14 nitrogen and oxygen atoms in total. The molecule has 0 aromatic rings. The number of carbonyl (C=O) groups is 5. The minimum absolute atomic E-state index is 0.0711. The fraction of sp³-hybridized carbons (Fsp3) is 0.700. The van der Waals surface area contributed by atoms with Crippen molar-refractivity contribution in [2.75, 3.05) is 13.1 Å². The molecule has 1 saturated heterocycles. The largest absolute Gasteiger partial charge is 0.480 e. The Labute approximate surface area is 197 Å². The van der Waals surface area contributed by atoms with Crippen molar-refractivity contribution >= 4 is 35.6 Å². The van der Waals surface area contributed by atoms with E-state index >= 15 is 0 Å². The van der Waals surface area contributed by atoms with Gasteiger partial charge in [-0.25, -0.2) is 4.79 Å². The number of aliphatic imine (C=N–C) groups is 1. The lowest BCUT2D eigenvalue weighted by Crippen LogP contribution is -2.59. The Morgan fingerprint density at radius 3 is 2.26 bits per heavy atom. The number of rotatable bonds is 13. The van der Waals surface area contributed by atoms with Gasteiger partial charge in [0.25, 0.3) is 0 Å². The van der Waals surface area contributed by atoms with Crippen molar-refractivity contribution in [3.05, 3.63) is 0 Å². The van der Waals surface area contributed by atoms with Crippen LogP contribution < -0.4 is 33.6 Å². The molecule has 11 N–H and O–H groups in total. The second-order valence-corrected chi connectivity index (χ2v) is 8.55. The number of aliphatic carboxylic acids is 1. The molecular weight excluding hydrogens is 448 g/mol. The van der Waals surface area contributed by atoms with Crippen molar-refractivity contribution in [2.45, 2.75) is 70.1 Å². The number of primary amides is 1. The zero-order valence-electron chi connectivity index (χ0n) is 19.5. The third kappa shape index (κ3) is 8.84. The first kappa shape index (κ1) is 28.6. The van der Waals surface area contributed by atoms with Crippen LogP contribution in [0, 0.1) is 5.92 Å². The summed E-state index contributed by atoms with van der Waals surface area (Å²) in [6.07, 6.45) is 0.941. The third-order valence-electron chi connectivity index (χ3n) is 5.39. The van der Waals surface area contributed by atoms with Crippen LogP contribution in [-0.4, -0.2) is 82.8 Å². The fourth-order valence-electron chi connectivity index (χ4n) is 3.60. The SMILES string of the molecule is CC(C)C(NC(=O)C(N)CCCN=C(N)N)C(=O)NC(CC(N)=O)C(=O)N1CCCC1C(=O)O. The van der Waals surface area contributed by atoms with Crippen LogP contribution >= 0.6 is 0 Å². The van der Waals surface area contributed by atoms with Crippen molar-refractivity contribution in [1.82, 2.24) is 15.5 Å². The van der Waals surface area contributed by atoms with Gasteiger partial charge >= 0.3 is 5.97 Å². The molecule has 4 amide bonds. The van der Waals surface area contributed by atoms with E-state index in [0.29, 0.717) is 19.4 Å². The molecule has 1 aliphatic rings. The maximum absolute atomic E-state index is 13.0. The lowest BCUT2D eigenvalue weighted by molar-refractivity contribution is -0.149. The molecule has 1 aliphatic heterocycles. The van der Waals surface area contributed by atoms with Gasteiger partial charge in [-0.2, -0.15) is 0 Å². The number of nitrogens with two attached hydrogens (primary N) is 4. The summed E-state index contributed by atoms with van der Waals surface area (Å²) < 4.78 is 0. The van der Waals surface area contributed by atoms with Crippen LogP contribution in [0.25, 0.3) is 0 Å². The van der Waals surface area contributed by atoms with Crippen LogP contribution in [-0.2, 0) is 24.0 Å². The summed E-state index contributed by atoms with van der Waals surface area (Å²) in [6, 6.07) is -4.39. The molecule has 0 spiro atoms. The predicted molar refractivity (Wildman–Crippen MR) is 123 cm³/mol. The molecule has 1 fully saturated rings. The molecule has 0 aliphatic carbocycles. The first-order chi connectivity index (χ1) is 15.8. The molecule has 4 atom stereocenters. The monoisotopic (exact) mass is 484 g/mol. The summed E-state index contributed by atoms with van der Waals surface area (Å²) in [7, 11) is 0. The quantitative estimate of drug-likeness (QED) is 0.0795. The lowest BCUT2D eigenvalue weighted by Gasteiger charge is -2.29. The van der Waals surface area contributed by atoms with E-state index in [-0.39, 0.29) is 31.3 Å². The van der Waals surface area contributed by atoms with Gasteiger partial charge in [-0.3, -0.25) is 24.2 Å². The Morgan fingerprint density at radius 2 is 1.74 bits per heavy atom. The van der Waals surface area contributed by atoms with E-state index in [1.807, 2.05) is 0 Å². The molecule has 1 heterocycles. The summed E-state index contributed by atoms with van der Waals surface area (Å²) in [4.78, 5) is 66.3. The minimum Gasteiger partial charge on any atom is -0.480 e. The third-order valence-corrected chi connectivity index (χ3v) is 5.39. The Morgan fingerprint density at radius 1 is 1.09 bits per heavy atom. The number of hydrogen-bond acceptors (Lipinski definition) is 7. The molecular formula is C20H36N8O6. The average Bonchev–Trinajstić information content (AvgIpc) is 3.23. The number of carboxylic acid groups (broad SMARTS) is 1. The van der Waals surface area contributed by atoms with E-state index in [1.165, 1.54) is 0 Å². The van der Waals surface area contributed by atoms with Crippen LogP contribution in [0.1, 0.15) is 46.0 Å². The van der Waals surface area contributed by atoms with E-state index in [9.17, 15) is 29.1 Å². The highest BCUT2D eigenvalue weighted by Crippen LogP contribution is 2.19. The van der Waals surface area contributed by atoms with Gasteiger partial charge in [-0.05, 0) is 31.6 Å². The molecule has 0 aromatic carbocycles. The van der Waals surface area contributed by atoms with E-state index in [2.05, 4.69) is 15.6 Å². The Balaban J connectivity index is 2.87. The van der Waals surface area contributed by atoms with Gasteiger partial charge in [-0.1, -0.05) is 13.8 Å². The Kier molecular flexibility index (Phi) is 11.2. The van der Waals surface area contributed by atoms with Crippen molar-refractivity contribution in [3.8, 4) is 0 Å². The van der Waals surface area contributed by atoms with Gasteiger partial charge in [0.15, 0.2) is 5.96 Å². The van der Waals surface area contributed by atoms with Crippen molar-refractivity contribution < 1.29 is 29.1 Å². The van der Waals surface area contributed by atoms with Crippen LogP contribution in [0.4, 0.5) is 0 Å². The number of nitrogens with one attached hydrogen (secondary N) is 2. The van der Waals surface area contributed by atoms with E-state index in [4.69, 9.17) is 22.9 Å². The van der Waals surface area contributed by atoms with Crippen LogP contribution in [0.2, 0.25) is 0 Å². The summed E-state index contributed by atoms with van der Waals surface area (Å²) in [6.45, 7) is 3.84. The molecule has 4 unspecified atom stereocenters. The van der Waals surface area contributed by atoms with E-state index in [1.54, 1.807) is 13.8 Å². The van der Waals surface area contributed by atoms with Gasteiger partial charge in [-0.15, -0.1) is 0 Å². The van der Waals surface area contributed by atoms with Gasteiger partial charge in [0, 0.05) is 13.1 Å². The van der Waals surface area contributed by atoms with Gasteiger partial charge in [0.05, 0.1) is 12.5 Å². The second kappa shape index (κ2) is 13.3. The lowest BCUT2D eigenvalue weighted by atomic mass is 10.0. The maximum atomic E-state index is 13.0. The van der Waals surface area contributed by atoms with Crippen molar-refractivity contribution in [3.63, 3.8) is 0 Å². The average molecular weight is 485 g/mol. The summed E-state index contributed by atoms with van der Waals surface area (Å²) in [5, 5.41) is 14.4. The topological polar surface area (TPSA) is 249 Å². The molecule has 0 bridgehead atoms. The van der Waals surface area contributed by atoms with Crippen LogP contribution in [0.5, 0.6) is 0 Å². The molecule has 34 heavy (non-hydrogen) atoms. The Hall–Kier alpha value is -3.42. The Bertz CT molecular complexity index is 798. The van der Waals surface area contributed by atoms with Gasteiger partial charge < -0.3 is 43.6 Å². The van der Waals surface area contributed by atoms with E-state index in [0.717, 1.165) is 4.90 Å². The molecule has 0 saturated carbocycles. The summed E-state index contributed by atoms with van der Waals surface area (Å²) >= 11 is 0. The molecule has 0 radical (unpaired) electrons. The number of amides is 4. The van der Waals surface area contributed by atoms with Crippen molar-refractivity contribution in [1.29, 1.82) is 0 Å². The standard InChI is InChI=1S/C20H36N8O6/c1-10(2)15(27-16(30)11(21)5-3-7-25-20(23)24)17(31)26-12(9-14(22)29)18(32)28-8-4-6-13(28)19(33)34/h10-13,15H,3-9,21H2,1-2H3,(H2,22,29)(H,26,31)(H,27,30)(H,33,34)(H4,23,24,25). The zero-order chi connectivity index (χ0) is 26.0. The number of carbonyl (C=O) groups excluding carboxylic acids is 4.